The van der Waals surface area contributed by atoms with Crippen LogP contribution in [-0.4, -0.2) is 73.9 Å². The second-order valence-corrected chi connectivity index (χ2v) is 17.7. The van der Waals surface area contributed by atoms with E-state index in [-0.39, 0.29) is 0 Å². The van der Waals surface area contributed by atoms with Crippen LogP contribution in [0.15, 0.2) is 12.4 Å². The van der Waals surface area contributed by atoms with Crippen LogP contribution < -0.4 is 0 Å². The van der Waals surface area contributed by atoms with Gasteiger partial charge >= 0.3 is 0 Å². The Morgan fingerprint density at radius 3 is 1.93 bits per heavy atom. The summed E-state index contributed by atoms with van der Waals surface area (Å²) in [5.74, 6) is 4.32. The molecule has 2 rings (SSSR count). The summed E-state index contributed by atoms with van der Waals surface area (Å²) in [6, 6.07) is 0. The average Bonchev–Trinajstić information content (AvgIpc) is 3.09. The van der Waals surface area contributed by atoms with Crippen LogP contribution in [-0.2, 0) is 22.9 Å². The molecular weight excluding hydrogens is 404 g/mol. The molecule has 2 aromatic heterocycles. The van der Waals surface area contributed by atoms with Crippen LogP contribution in [0, 0.1) is 27.7 Å². The standard InChI is InChI=1S/C21H40N4O2S2/c1-18-14-24(21(4)23-18)15-26-9-11-28(5,6)17-29(7,8)12-10-27-16-25-19(2)13-22-20(25)3/h13-14H,9-12,15-17H2,1-8H3. The van der Waals surface area contributed by atoms with Gasteiger partial charge in [0.2, 0.25) is 0 Å². The van der Waals surface area contributed by atoms with Crippen molar-refractivity contribution < 1.29 is 9.47 Å². The minimum Gasteiger partial charge on any atom is -0.360 e. The van der Waals surface area contributed by atoms with Crippen LogP contribution >= 0.6 is 20.1 Å². The fourth-order valence-electron chi connectivity index (χ4n) is 3.44. The fraction of sp³-hybridized carbons (Fsp3) is 0.714. The fourth-order valence-corrected chi connectivity index (χ4v) is 12.4. The third-order valence-corrected chi connectivity index (χ3v) is 12.6. The van der Waals surface area contributed by atoms with E-state index in [2.05, 4.69) is 51.0 Å². The minimum atomic E-state index is -0.677. The smallest absolute Gasteiger partial charge is 0.124 e. The molecule has 0 aliphatic rings. The Bertz CT molecular complexity index is 764. The van der Waals surface area contributed by atoms with Gasteiger partial charge in [0.25, 0.3) is 0 Å². The molecule has 0 amide bonds. The molecule has 8 heteroatoms. The molecule has 0 aliphatic heterocycles. The molecule has 2 heterocycles. The number of ether oxygens (including phenoxy) is 2. The number of hydrogen-bond acceptors (Lipinski definition) is 4. The van der Waals surface area contributed by atoms with Crippen LogP contribution in [0.25, 0.3) is 0 Å². The summed E-state index contributed by atoms with van der Waals surface area (Å²) < 4.78 is 16.1. The van der Waals surface area contributed by atoms with Crippen molar-refractivity contribution in [3.63, 3.8) is 0 Å². The number of hydrogen-bond donors (Lipinski definition) is 0. The summed E-state index contributed by atoms with van der Waals surface area (Å²) >= 11 is 0. The predicted molar refractivity (Wildman–Crippen MR) is 129 cm³/mol. The van der Waals surface area contributed by atoms with E-state index >= 15 is 0 Å². The third kappa shape index (κ3) is 8.00. The van der Waals surface area contributed by atoms with Gasteiger partial charge in [-0.1, -0.05) is 0 Å². The van der Waals surface area contributed by atoms with Crippen molar-refractivity contribution in [2.45, 2.75) is 41.2 Å². The first-order valence-corrected chi connectivity index (χ1v) is 15.6. The van der Waals surface area contributed by atoms with Gasteiger partial charge in [0.1, 0.15) is 25.1 Å². The molecule has 0 radical (unpaired) electrons. The van der Waals surface area contributed by atoms with E-state index in [0.29, 0.717) is 13.5 Å². The van der Waals surface area contributed by atoms with E-state index in [1.165, 1.54) is 5.08 Å². The van der Waals surface area contributed by atoms with E-state index in [9.17, 15) is 0 Å². The van der Waals surface area contributed by atoms with Gasteiger partial charge in [0.15, 0.2) is 0 Å². The zero-order valence-electron chi connectivity index (χ0n) is 19.5. The molecule has 6 nitrogen and oxygen atoms in total. The van der Waals surface area contributed by atoms with Crippen molar-refractivity contribution in [3.8, 4) is 0 Å². The largest absolute Gasteiger partial charge is 0.360 e. The highest BCUT2D eigenvalue weighted by Gasteiger charge is 2.21. The Balaban J connectivity index is 1.69. The van der Waals surface area contributed by atoms with Gasteiger partial charge in [-0.25, -0.2) is 30.0 Å². The molecule has 0 saturated carbocycles. The van der Waals surface area contributed by atoms with E-state index in [1.54, 1.807) is 0 Å². The molecule has 0 atom stereocenters. The van der Waals surface area contributed by atoms with Crippen LogP contribution in [0.1, 0.15) is 23.0 Å². The molecule has 168 valence electrons. The van der Waals surface area contributed by atoms with Crippen molar-refractivity contribution in [1.82, 2.24) is 19.1 Å². The first-order chi connectivity index (χ1) is 13.5. The molecule has 29 heavy (non-hydrogen) atoms. The quantitative estimate of drug-likeness (QED) is 0.464. The molecule has 0 spiro atoms. The van der Waals surface area contributed by atoms with Gasteiger partial charge in [0, 0.05) is 34.7 Å². The second-order valence-electron chi connectivity index (χ2n) is 8.91. The normalized spacial score (nSPS) is 13.8. The summed E-state index contributed by atoms with van der Waals surface area (Å²) in [4.78, 5) is 8.75. The maximum atomic E-state index is 5.97. The molecular formula is C21H40N4O2S2. The van der Waals surface area contributed by atoms with E-state index in [1.807, 2.05) is 33.2 Å². The van der Waals surface area contributed by atoms with Crippen molar-refractivity contribution in [2.24, 2.45) is 0 Å². The first kappa shape index (κ1) is 24.3. The summed E-state index contributed by atoms with van der Waals surface area (Å²) in [6.07, 6.45) is 13.7. The zero-order chi connectivity index (χ0) is 21.7. The van der Waals surface area contributed by atoms with Crippen LogP contribution in [0.3, 0.4) is 0 Å². The van der Waals surface area contributed by atoms with Gasteiger partial charge < -0.3 is 18.6 Å². The van der Waals surface area contributed by atoms with Gasteiger partial charge in [-0.05, 0) is 52.7 Å². The number of aromatic nitrogens is 4. The summed E-state index contributed by atoms with van der Waals surface area (Å²) in [7, 11) is -1.35. The topological polar surface area (TPSA) is 54.1 Å². The highest BCUT2D eigenvalue weighted by atomic mass is 32.3. The molecule has 0 saturated heterocycles. The minimum absolute atomic E-state index is 0.597. The van der Waals surface area contributed by atoms with Gasteiger partial charge in [0.05, 0.1) is 18.9 Å². The number of aryl methyl sites for hydroxylation is 4. The number of imidazole rings is 2. The summed E-state index contributed by atoms with van der Waals surface area (Å²) in [5.41, 5.74) is 2.20. The lowest BCUT2D eigenvalue weighted by atomic mass is 10.5. The maximum absolute atomic E-state index is 5.97. The first-order valence-electron chi connectivity index (χ1n) is 10.0. The Hall–Kier alpha value is -0.960. The van der Waals surface area contributed by atoms with Crippen LogP contribution in [0.5, 0.6) is 0 Å². The lowest BCUT2D eigenvalue weighted by Gasteiger charge is -2.42. The highest BCUT2D eigenvalue weighted by Crippen LogP contribution is 2.55. The molecule has 0 aliphatic carbocycles. The highest BCUT2D eigenvalue weighted by molar-refractivity contribution is 8.47. The molecule has 0 aromatic carbocycles. The lowest BCUT2D eigenvalue weighted by molar-refractivity contribution is 0.0869. The number of rotatable bonds is 12. The van der Waals surface area contributed by atoms with Gasteiger partial charge in [-0.15, -0.1) is 0 Å². The Labute approximate surface area is 180 Å². The van der Waals surface area contributed by atoms with E-state index in [0.717, 1.165) is 47.8 Å². The van der Waals surface area contributed by atoms with E-state index < -0.39 is 20.1 Å². The number of nitrogens with zero attached hydrogens (tertiary/aromatic N) is 4. The second kappa shape index (κ2) is 10.4. The third-order valence-electron chi connectivity index (χ3n) is 5.00. The average molecular weight is 445 g/mol. The van der Waals surface area contributed by atoms with Crippen molar-refractivity contribution in [2.75, 3.05) is 54.8 Å². The van der Waals surface area contributed by atoms with Gasteiger partial charge in [-0.2, -0.15) is 0 Å². The van der Waals surface area contributed by atoms with Crippen molar-refractivity contribution >= 4 is 20.1 Å². The van der Waals surface area contributed by atoms with Crippen LogP contribution in [0.4, 0.5) is 0 Å². The Kier molecular flexibility index (Phi) is 8.70. The van der Waals surface area contributed by atoms with E-state index in [4.69, 9.17) is 9.47 Å². The molecule has 0 unspecified atom stereocenters. The van der Waals surface area contributed by atoms with Crippen LogP contribution in [0.2, 0.25) is 0 Å². The molecule has 0 N–H and O–H groups in total. The summed E-state index contributed by atoms with van der Waals surface area (Å²) in [5, 5.41) is 1.30. The van der Waals surface area contributed by atoms with Gasteiger partial charge in [-0.3, -0.25) is 0 Å². The lowest BCUT2D eigenvalue weighted by Crippen LogP contribution is -2.20. The van der Waals surface area contributed by atoms with Crippen molar-refractivity contribution in [3.05, 3.63) is 35.4 Å². The molecule has 0 fully saturated rings. The molecule has 2 aromatic rings. The molecule has 0 bridgehead atoms. The Morgan fingerprint density at radius 2 is 1.45 bits per heavy atom. The monoisotopic (exact) mass is 444 g/mol. The Morgan fingerprint density at radius 1 is 0.862 bits per heavy atom. The zero-order valence-corrected chi connectivity index (χ0v) is 21.2. The summed E-state index contributed by atoms with van der Waals surface area (Å²) in [6.45, 7) is 11.0. The van der Waals surface area contributed by atoms with Crippen molar-refractivity contribution in [1.29, 1.82) is 0 Å². The predicted octanol–water partition coefficient (Wildman–Crippen LogP) is 4.05. The SMILES string of the molecule is Cc1cn(COCCS(C)(C)CS(C)(C)CCOCn2c(C)cnc2C)c(C)n1. The maximum Gasteiger partial charge on any atom is 0.124 e.